The van der Waals surface area contributed by atoms with Crippen molar-refractivity contribution in [1.29, 1.82) is 0 Å². The molecule has 0 radical (unpaired) electrons. The summed E-state index contributed by atoms with van der Waals surface area (Å²) in [6.07, 6.45) is 1.98. The van der Waals surface area contributed by atoms with Gasteiger partial charge in [0, 0.05) is 38.3 Å². The molecule has 1 saturated heterocycles. The second-order valence-electron chi connectivity index (χ2n) is 6.45. The molecule has 1 unspecified atom stereocenters. The number of piperazine rings is 1. The number of aliphatic hydroxyl groups is 1. The monoisotopic (exact) mass is 257 g/mol. The first kappa shape index (κ1) is 15.9. The topological polar surface area (TPSA) is 52.7 Å². The third-order valence-electron chi connectivity index (χ3n) is 3.67. The summed E-state index contributed by atoms with van der Waals surface area (Å²) in [5.41, 5.74) is 5.53. The number of hydrogen-bond donors (Lipinski definition) is 2. The third-order valence-corrected chi connectivity index (χ3v) is 3.67. The number of hydrogen-bond acceptors (Lipinski definition) is 4. The zero-order valence-electron chi connectivity index (χ0n) is 12.4. The van der Waals surface area contributed by atoms with Gasteiger partial charge in [0.2, 0.25) is 0 Å². The first-order valence-corrected chi connectivity index (χ1v) is 7.27. The highest BCUT2D eigenvalue weighted by molar-refractivity contribution is 4.79. The van der Waals surface area contributed by atoms with Crippen molar-refractivity contribution in [1.82, 2.24) is 9.80 Å². The van der Waals surface area contributed by atoms with Crippen LogP contribution in [0.2, 0.25) is 0 Å². The van der Waals surface area contributed by atoms with E-state index in [2.05, 4.69) is 23.6 Å². The second-order valence-corrected chi connectivity index (χ2v) is 6.45. The van der Waals surface area contributed by atoms with E-state index in [1.165, 1.54) is 32.7 Å². The summed E-state index contributed by atoms with van der Waals surface area (Å²) in [5.74, 6) is 0.763. The summed E-state index contributed by atoms with van der Waals surface area (Å²) in [4.78, 5) is 5.08. The largest absolute Gasteiger partial charge is 0.394 e. The molecule has 3 N–H and O–H groups in total. The molecular formula is C14H31N3O. The molecule has 4 nitrogen and oxygen atoms in total. The lowest BCUT2D eigenvalue weighted by molar-refractivity contribution is 0.116. The Balaban J connectivity index is 2.12. The molecular weight excluding hydrogens is 226 g/mol. The van der Waals surface area contributed by atoms with Gasteiger partial charge in [0.1, 0.15) is 0 Å². The van der Waals surface area contributed by atoms with Crippen LogP contribution in [0.5, 0.6) is 0 Å². The van der Waals surface area contributed by atoms with Gasteiger partial charge in [0.15, 0.2) is 0 Å². The van der Waals surface area contributed by atoms with E-state index in [4.69, 9.17) is 10.8 Å². The van der Waals surface area contributed by atoms with Crippen molar-refractivity contribution in [3.63, 3.8) is 0 Å². The highest BCUT2D eigenvalue weighted by atomic mass is 16.3. The molecule has 1 aliphatic rings. The van der Waals surface area contributed by atoms with Crippen molar-refractivity contribution in [2.45, 2.75) is 39.2 Å². The molecule has 0 aliphatic carbocycles. The highest BCUT2D eigenvalue weighted by Gasteiger charge is 2.19. The van der Waals surface area contributed by atoms with Gasteiger partial charge >= 0.3 is 0 Å². The van der Waals surface area contributed by atoms with E-state index in [-0.39, 0.29) is 6.61 Å². The van der Waals surface area contributed by atoms with Gasteiger partial charge < -0.3 is 20.6 Å². The Kier molecular flexibility index (Phi) is 6.57. The molecule has 1 aliphatic heterocycles. The van der Waals surface area contributed by atoms with Gasteiger partial charge in [-0.25, -0.2) is 0 Å². The lowest BCUT2D eigenvalue weighted by atomic mass is 9.98. The van der Waals surface area contributed by atoms with E-state index in [1.54, 1.807) is 0 Å². The molecule has 1 atom stereocenters. The van der Waals surface area contributed by atoms with Crippen molar-refractivity contribution >= 4 is 0 Å². The molecule has 4 heteroatoms. The molecule has 1 rings (SSSR count). The zero-order chi connectivity index (χ0) is 13.6. The van der Waals surface area contributed by atoms with Gasteiger partial charge in [-0.15, -0.1) is 0 Å². The molecule has 0 aromatic heterocycles. The van der Waals surface area contributed by atoms with Crippen LogP contribution in [0.3, 0.4) is 0 Å². The summed E-state index contributed by atoms with van der Waals surface area (Å²) in [6.45, 7) is 13.6. The normalized spacial score (nSPS) is 22.3. The minimum absolute atomic E-state index is 0.0785. The minimum atomic E-state index is -0.403. The van der Waals surface area contributed by atoms with Crippen LogP contribution in [0.25, 0.3) is 0 Å². The average Bonchev–Trinajstić information content (AvgIpc) is 2.30. The predicted octanol–water partition coefficient (Wildman–Crippen LogP) is 0.750. The van der Waals surface area contributed by atoms with Crippen molar-refractivity contribution in [2.24, 2.45) is 11.7 Å². The van der Waals surface area contributed by atoms with Crippen LogP contribution in [0.4, 0.5) is 0 Å². The Bertz CT molecular complexity index is 223. The van der Waals surface area contributed by atoms with Crippen LogP contribution in [-0.2, 0) is 0 Å². The fraction of sp³-hybridized carbons (Fsp3) is 1.00. The van der Waals surface area contributed by atoms with E-state index in [0.29, 0.717) is 0 Å². The zero-order valence-corrected chi connectivity index (χ0v) is 12.4. The Morgan fingerprint density at radius 1 is 1.17 bits per heavy atom. The average molecular weight is 257 g/mol. The van der Waals surface area contributed by atoms with Gasteiger partial charge in [0.25, 0.3) is 0 Å². The van der Waals surface area contributed by atoms with Crippen LogP contribution >= 0.6 is 0 Å². The molecule has 1 fully saturated rings. The summed E-state index contributed by atoms with van der Waals surface area (Å²) < 4.78 is 0. The first-order valence-electron chi connectivity index (χ1n) is 7.27. The van der Waals surface area contributed by atoms with Gasteiger partial charge in [-0.3, -0.25) is 0 Å². The number of nitrogens with two attached hydrogens (primary N) is 1. The maximum Gasteiger partial charge on any atom is 0.0608 e. The van der Waals surface area contributed by atoms with Crippen LogP contribution in [0, 0.1) is 5.92 Å². The summed E-state index contributed by atoms with van der Waals surface area (Å²) in [7, 11) is 0. The van der Waals surface area contributed by atoms with Gasteiger partial charge in [-0.1, -0.05) is 13.8 Å². The highest BCUT2D eigenvalue weighted by Crippen LogP contribution is 2.10. The van der Waals surface area contributed by atoms with Crippen molar-refractivity contribution in [3.05, 3.63) is 0 Å². The molecule has 0 saturated carbocycles. The van der Waals surface area contributed by atoms with E-state index >= 15 is 0 Å². The van der Waals surface area contributed by atoms with Crippen LogP contribution < -0.4 is 5.73 Å². The van der Waals surface area contributed by atoms with E-state index in [0.717, 1.165) is 25.3 Å². The van der Waals surface area contributed by atoms with E-state index < -0.39 is 5.54 Å². The molecule has 0 amide bonds. The smallest absolute Gasteiger partial charge is 0.0608 e. The molecule has 108 valence electrons. The second kappa shape index (κ2) is 7.43. The van der Waals surface area contributed by atoms with E-state index in [9.17, 15) is 0 Å². The van der Waals surface area contributed by atoms with Crippen LogP contribution in [-0.4, -0.2) is 66.3 Å². The van der Waals surface area contributed by atoms with Crippen molar-refractivity contribution in [3.8, 4) is 0 Å². The fourth-order valence-corrected chi connectivity index (χ4v) is 2.50. The first-order chi connectivity index (χ1) is 8.43. The lowest BCUT2D eigenvalue weighted by Gasteiger charge is -2.36. The predicted molar refractivity (Wildman–Crippen MR) is 76.6 cm³/mol. The molecule has 1 heterocycles. The third kappa shape index (κ3) is 6.14. The van der Waals surface area contributed by atoms with Gasteiger partial charge in [-0.05, 0) is 32.2 Å². The summed E-state index contributed by atoms with van der Waals surface area (Å²) >= 11 is 0. The Labute approximate surface area is 112 Å². The summed E-state index contributed by atoms with van der Waals surface area (Å²) in [6, 6.07) is 0. The lowest BCUT2D eigenvalue weighted by Crippen LogP contribution is -2.48. The minimum Gasteiger partial charge on any atom is -0.394 e. The number of rotatable bonds is 7. The molecule has 0 aromatic carbocycles. The Morgan fingerprint density at radius 2 is 1.72 bits per heavy atom. The Hall–Kier alpha value is -0.160. The van der Waals surface area contributed by atoms with Gasteiger partial charge in [0.05, 0.1) is 6.61 Å². The van der Waals surface area contributed by atoms with E-state index in [1.807, 2.05) is 6.92 Å². The van der Waals surface area contributed by atoms with Gasteiger partial charge in [-0.2, -0.15) is 0 Å². The maximum atomic E-state index is 9.10. The standard InChI is InChI=1S/C14H31N3O/c1-13(2)11-17-9-7-16(8-10-17)6-4-5-14(3,15)12-18/h13,18H,4-12,15H2,1-3H3. The molecule has 18 heavy (non-hydrogen) atoms. The quantitative estimate of drug-likeness (QED) is 0.707. The SMILES string of the molecule is CC(C)CN1CCN(CCCC(C)(N)CO)CC1. The molecule has 0 bridgehead atoms. The number of aliphatic hydroxyl groups excluding tert-OH is 1. The van der Waals surface area contributed by atoms with Crippen LogP contribution in [0.15, 0.2) is 0 Å². The fourth-order valence-electron chi connectivity index (χ4n) is 2.50. The summed E-state index contributed by atoms with van der Waals surface area (Å²) in [5, 5.41) is 9.10. The van der Waals surface area contributed by atoms with Crippen molar-refractivity contribution < 1.29 is 5.11 Å². The van der Waals surface area contributed by atoms with Crippen LogP contribution in [0.1, 0.15) is 33.6 Å². The van der Waals surface area contributed by atoms with Crippen molar-refractivity contribution in [2.75, 3.05) is 45.9 Å². The molecule has 0 aromatic rings. The Morgan fingerprint density at radius 3 is 2.22 bits per heavy atom. The molecule has 0 spiro atoms. The number of nitrogens with zero attached hydrogens (tertiary/aromatic N) is 2. The maximum absolute atomic E-state index is 9.10.